The van der Waals surface area contributed by atoms with Crippen LogP contribution in [0.1, 0.15) is 10.4 Å². The molecule has 0 bridgehead atoms. The molecule has 0 saturated heterocycles. The van der Waals surface area contributed by atoms with E-state index in [4.69, 9.17) is 4.42 Å². The van der Waals surface area contributed by atoms with Crippen molar-refractivity contribution < 1.29 is 19.4 Å². The fraction of sp³-hybridized carbons (Fsp3) is 0. The van der Waals surface area contributed by atoms with E-state index in [1.807, 2.05) is 6.07 Å². The van der Waals surface area contributed by atoms with E-state index in [9.17, 15) is 19.8 Å². The van der Waals surface area contributed by atoms with Crippen molar-refractivity contribution in [2.75, 3.05) is 5.32 Å². The zero-order valence-corrected chi connectivity index (χ0v) is 14.5. The molecule has 0 aliphatic rings. The third-order valence-electron chi connectivity index (χ3n) is 4.31. The largest absolute Gasteiger partial charge is 0.504 e. The van der Waals surface area contributed by atoms with Crippen LogP contribution in [-0.4, -0.2) is 16.1 Å². The number of nitrogens with one attached hydrogen (secondary N) is 1. The number of rotatable bonds is 3. The van der Waals surface area contributed by atoms with Crippen LogP contribution >= 0.6 is 0 Å². The average molecular weight is 373 g/mol. The molecule has 0 saturated carbocycles. The first-order valence-electron chi connectivity index (χ1n) is 8.49. The van der Waals surface area contributed by atoms with Crippen LogP contribution in [0.5, 0.6) is 11.5 Å². The Morgan fingerprint density at radius 1 is 0.857 bits per heavy atom. The summed E-state index contributed by atoms with van der Waals surface area (Å²) in [5.74, 6) is -1.15. The Morgan fingerprint density at radius 3 is 2.32 bits per heavy atom. The van der Waals surface area contributed by atoms with Crippen molar-refractivity contribution in [2.45, 2.75) is 0 Å². The first kappa shape index (κ1) is 17.4. The smallest absolute Gasteiger partial charge is 0.256 e. The maximum absolute atomic E-state index is 13.0. The maximum Gasteiger partial charge on any atom is 0.256 e. The molecule has 0 aliphatic heterocycles. The summed E-state index contributed by atoms with van der Waals surface area (Å²) in [4.78, 5) is 25.7. The lowest BCUT2D eigenvalue weighted by Crippen LogP contribution is -2.19. The van der Waals surface area contributed by atoms with Gasteiger partial charge in [0.2, 0.25) is 5.43 Å². The lowest BCUT2D eigenvalue weighted by Gasteiger charge is -2.12. The highest BCUT2D eigenvalue weighted by molar-refractivity contribution is 6.07. The molecule has 0 aliphatic carbocycles. The SMILES string of the molecule is O=C(Nc1c(-c2ccccc2)oc2ccccc2c1=O)c1ccc(O)c(O)c1. The first-order valence-corrected chi connectivity index (χ1v) is 8.49. The highest BCUT2D eigenvalue weighted by atomic mass is 16.3. The Morgan fingerprint density at radius 2 is 1.57 bits per heavy atom. The minimum absolute atomic E-state index is 0.00228. The highest BCUT2D eigenvalue weighted by Gasteiger charge is 2.19. The molecule has 6 nitrogen and oxygen atoms in total. The van der Waals surface area contributed by atoms with Gasteiger partial charge in [-0.3, -0.25) is 9.59 Å². The zero-order chi connectivity index (χ0) is 19.7. The molecule has 1 heterocycles. The lowest BCUT2D eigenvalue weighted by atomic mass is 10.1. The van der Waals surface area contributed by atoms with Crippen LogP contribution in [-0.2, 0) is 0 Å². The van der Waals surface area contributed by atoms with E-state index in [0.29, 0.717) is 16.5 Å². The van der Waals surface area contributed by atoms with Crippen LogP contribution in [0.2, 0.25) is 0 Å². The molecule has 0 radical (unpaired) electrons. The molecular formula is C22H15NO5. The van der Waals surface area contributed by atoms with Gasteiger partial charge in [0, 0.05) is 11.1 Å². The molecule has 1 aromatic heterocycles. The van der Waals surface area contributed by atoms with Gasteiger partial charge in [-0.15, -0.1) is 0 Å². The normalized spacial score (nSPS) is 10.7. The predicted molar refractivity (Wildman–Crippen MR) is 106 cm³/mol. The van der Waals surface area contributed by atoms with E-state index in [1.165, 1.54) is 12.1 Å². The zero-order valence-electron chi connectivity index (χ0n) is 14.5. The number of carbonyl (C=O) groups is 1. The minimum atomic E-state index is -0.616. The van der Waals surface area contributed by atoms with Crippen LogP contribution in [0, 0.1) is 0 Å². The van der Waals surface area contributed by atoms with Gasteiger partial charge in [0.15, 0.2) is 17.3 Å². The molecule has 6 heteroatoms. The van der Waals surface area contributed by atoms with Crippen molar-refractivity contribution in [1.29, 1.82) is 0 Å². The van der Waals surface area contributed by atoms with Crippen molar-refractivity contribution >= 4 is 22.6 Å². The van der Waals surface area contributed by atoms with E-state index in [-0.39, 0.29) is 28.2 Å². The molecule has 0 atom stereocenters. The Balaban J connectivity index is 1.87. The third kappa shape index (κ3) is 3.07. The number of para-hydroxylation sites is 1. The number of phenols is 2. The topological polar surface area (TPSA) is 99.8 Å². The molecule has 4 aromatic rings. The summed E-state index contributed by atoms with van der Waals surface area (Å²) in [6, 6.07) is 19.4. The predicted octanol–water partition coefficient (Wildman–Crippen LogP) is 4.12. The fourth-order valence-corrected chi connectivity index (χ4v) is 2.90. The van der Waals surface area contributed by atoms with Gasteiger partial charge in [-0.1, -0.05) is 42.5 Å². The van der Waals surface area contributed by atoms with Crippen molar-refractivity contribution in [3.05, 3.63) is 88.6 Å². The molecule has 3 N–H and O–H groups in total. The average Bonchev–Trinajstić information content (AvgIpc) is 2.72. The quantitative estimate of drug-likeness (QED) is 0.469. The van der Waals surface area contributed by atoms with Gasteiger partial charge in [0.05, 0.1) is 5.39 Å². The Bertz CT molecular complexity index is 1240. The summed E-state index contributed by atoms with van der Waals surface area (Å²) in [7, 11) is 0. The minimum Gasteiger partial charge on any atom is -0.504 e. The molecule has 0 spiro atoms. The molecule has 4 rings (SSSR count). The number of hydrogen-bond donors (Lipinski definition) is 3. The summed E-state index contributed by atoms with van der Waals surface area (Å²) in [6.45, 7) is 0. The summed E-state index contributed by atoms with van der Waals surface area (Å²) in [5.41, 5.74) is 0.752. The van der Waals surface area contributed by atoms with Gasteiger partial charge < -0.3 is 19.9 Å². The molecule has 3 aromatic carbocycles. The molecule has 0 fully saturated rings. The Labute approximate surface area is 159 Å². The lowest BCUT2D eigenvalue weighted by molar-refractivity contribution is 0.102. The van der Waals surface area contributed by atoms with E-state index in [1.54, 1.807) is 48.5 Å². The molecule has 28 heavy (non-hydrogen) atoms. The maximum atomic E-state index is 13.0. The molecular weight excluding hydrogens is 358 g/mol. The number of benzene rings is 3. The standard InChI is InChI=1S/C22H15NO5/c24-16-11-10-14(12-17(16)25)22(27)23-19-20(26)15-8-4-5-9-18(15)28-21(19)13-6-2-1-3-7-13/h1-12,24-25H,(H,23,27). The van der Waals surface area contributed by atoms with Crippen LogP contribution in [0.25, 0.3) is 22.3 Å². The first-order chi connectivity index (χ1) is 13.5. The van der Waals surface area contributed by atoms with Gasteiger partial charge >= 0.3 is 0 Å². The van der Waals surface area contributed by atoms with Crippen molar-refractivity contribution in [3.63, 3.8) is 0 Å². The third-order valence-corrected chi connectivity index (χ3v) is 4.31. The molecule has 138 valence electrons. The van der Waals surface area contributed by atoms with Crippen LogP contribution in [0.15, 0.2) is 82.0 Å². The second-order valence-corrected chi connectivity index (χ2v) is 6.16. The monoisotopic (exact) mass is 373 g/mol. The molecule has 0 unspecified atom stereocenters. The number of aromatic hydroxyl groups is 2. The number of amides is 1. The van der Waals surface area contributed by atoms with Gasteiger partial charge in [0.25, 0.3) is 5.91 Å². The number of phenolic OH excluding ortho intramolecular Hbond substituents is 2. The van der Waals surface area contributed by atoms with E-state index < -0.39 is 11.7 Å². The number of fused-ring (bicyclic) bond motifs is 1. The summed E-state index contributed by atoms with van der Waals surface area (Å²) < 4.78 is 5.94. The van der Waals surface area contributed by atoms with Crippen molar-refractivity contribution in [1.82, 2.24) is 0 Å². The van der Waals surface area contributed by atoms with Crippen LogP contribution in [0.4, 0.5) is 5.69 Å². The molecule has 1 amide bonds. The second-order valence-electron chi connectivity index (χ2n) is 6.16. The van der Waals surface area contributed by atoms with Crippen molar-refractivity contribution in [3.8, 4) is 22.8 Å². The van der Waals surface area contributed by atoms with Crippen LogP contribution in [0.3, 0.4) is 0 Å². The van der Waals surface area contributed by atoms with Gasteiger partial charge in [0.1, 0.15) is 11.3 Å². The summed E-state index contributed by atoms with van der Waals surface area (Å²) in [6.07, 6.45) is 0. The number of anilines is 1. The van der Waals surface area contributed by atoms with E-state index >= 15 is 0 Å². The van der Waals surface area contributed by atoms with Gasteiger partial charge in [-0.2, -0.15) is 0 Å². The fourth-order valence-electron chi connectivity index (χ4n) is 2.90. The second kappa shape index (κ2) is 6.92. The summed E-state index contributed by atoms with van der Waals surface area (Å²) in [5, 5.41) is 22.0. The highest BCUT2D eigenvalue weighted by Crippen LogP contribution is 2.30. The van der Waals surface area contributed by atoms with E-state index in [2.05, 4.69) is 5.32 Å². The van der Waals surface area contributed by atoms with Crippen molar-refractivity contribution in [2.24, 2.45) is 0 Å². The summed E-state index contributed by atoms with van der Waals surface area (Å²) >= 11 is 0. The van der Waals surface area contributed by atoms with Gasteiger partial charge in [-0.25, -0.2) is 0 Å². The number of hydrogen-bond acceptors (Lipinski definition) is 5. The number of carbonyl (C=O) groups excluding carboxylic acids is 1. The van der Waals surface area contributed by atoms with E-state index in [0.717, 1.165) is 6.07 Å². The van der Waals surface area contributed by atoms with Gasteiger partial charge in [-0.05, 0) is 30.3 Å². The Hall–Kier alpha value is -4.06. The van der Waals surface area contributed by atoms with Crippen LogP contribution < -0.4 is 10.7 Å². The Kier molecular flexibility index (Phi) is 4.29.